The van der Waals surface area contributed by atoms with Crippen molar-refractivity contribution in [3.8, 4) is 0 Å². The van der Waals surface area contributed by atoms with Crippen molar-refractivity contribution in [2.45, 2.75) is 0 Å². The van der Waals surface area contributed by atoms with Gasteiger partial charge >= 0.3 is 0 Å². The molecular weight excluding hydrogens is 156 g/mol. The molecule has 0 atom stereocenters. The number of nitrogens with zero attached hydrogens (tertiary/aromatic N) is 1. The van der Waals surface area contributed by atoms with Gasteiger partial charge in [0.25, 0.3) is 0 Å². The lowest BCUT2D eigenvalue weighted by molar-refractivity contribution is -0.889. The second-order valence-electron chi connectivity index (χ2n) is 3.46. The first-order valence-electron chi connectivity index (χ1n) is 4.00. The highest BCUT2D eigenvalue weighted by atomic mass is 16.3. The summed E-state index contributed by atoms with van der Waals surface area (Å²) in [4.78, 5) is 10.4. The lowest BCUT2D eigenvalue weighted by atomic mass is 10.4. The Hall–Kier alpha value is -0.610. The summed E-state index contributed by atoms with van der Waals surface area (Å²) in [5, 5.41) is 11.3. The molecule has 0 saturated heterocycles. The Balaban J connectivity index is 3.53. The van der Waals surface area contributed by atoms with Crippen molar-refractivity contribution in [1.29, 1.82) is 0 Å². The van der Waals surface area contributed by atoms with E-state index in [1.807, 2.05) is 14.1 Å². The molecule has 0 aliphatic heterocycles. The normalized spacial score (nSPS) is 11.3. The van der Waals surface area contributed by atoms with Crippen molar-refractivity contribution in [2.24, 2.45) is 0 Å². The number of amides is 1. The van der Waals surface area contributed by atoms with Crippen LogP contribution in [0, 0.1) is 6.92 Å². The van der Waals surface area contributed by atoms with E-state index in [1.54, 1.807) is 0 Å². The summed E-state index contributed by atoms with van der Waals surface area (Å²) in [5.41, 5.74) is 0. The van der Waals surface area contributed by atoms with Crippen molar-refractivity contribution in [3.63, 3.8) is 0 Å². The number of quaternary nitrogens is 1. The summed E-state index contributed by atoms with van der Waals surface area (Å²) in [5.74, 6) is -0.251. The van der Waals surface area contributed by atoms with Crippen LogP contribution >= 0.6 is 0 Å². The fourth-order valence-electron chi connectivity index (χ4n) is 0.880. The summed E-state index contributed by atoms with van der Waals surface area (Å²) in [6.45, 7) is 5.48. The maximum absolute atomic E-state index is 10.4. The van der Waals surface area contributed by atoms with Crippen LogP contribution in [0.5, 0.6) is 0 Å². The van der Waals surface area contributed by atoms with Gasteiger partial charge in [-0.3, -0.25) is 4.79 Å². The number of rotatable bonds is 5. The van der Waals surface area contributed by atoms with E-state index in [1.165, 1.54) is 0 Å². The minimum Gasteiger partial charge on any atom is -0.391 e. The molecule has 0 aliphatic rings. The summed E-state index contributed by atoms with van der Waals surface area (Å²) in [7, 11) is 4.01. The largest absolute Gasteiger partial charge is 0.391 e. The molecule has 0 saturated carbocycles. The summed E-state index contributed by atoms with van der Waals surface area (Å²) < 4.78 is 0.705. The molecular formula is C8H18N2O2+. The van der Waals surface area contributed by atoms with Crippen LogP contribution in [-0.4, -0.2) is 55.8 Å². The van der Waals surface area contributed by atoms with E-state index in [0.29, 0.717) is 17.6 Å². The van der Waals surface area contributed by atoms with E-state index in [4.69, 9.17) is 5.11 Å². The molecule has 0 rings (SSSR count). The molecule has 4 nitrogen and oxygen atoms in total. The molecule has 0 aromatic rings. The zero-order chi connectivity index (χ0) is 9.61. The van der Waals surface area contributed by atoms with Crippen molar-refractivity contribution >= 4 is 5.91 Å². The first-order valence-corrected chi connectivity index (χ1v) is 4.00. The highest BCUT2D eigenvalue weighted by molar-refractivity contribution is 5.79. The Morgan fingerprint density at radius 2 is 2.08 bits per heavy atom. The molecule has 1 amide bonds. The lowest BCUT2D eigenvalue weighted by Crippen LogP contribution is -2.46. The molecule has 0 aromatic heterocycles. The predicted octanol–water partition coefficient (Wildman–Crippen LogP) is -0.995. The van der Waals surface area contributed by atoms with Crippen LogP contribution in [0.4, 0.5) is 0 Å². The SMILES string of the molecule is [CH2]C(=O)NCC[N+](C)(C)CCO. The van der Waals surface area contributed by atoms with Gasteiger partial charge in [-0.1, -0.05) is 0 Å². The second kappa shape index (κ2) is 5.11. The van der Waals surface area contributed by atoms with E-state index in [0.717, 1.165) is 6.54 Å². The van der Waals surface area contributed by atoms with Crippen molar-refractivity contribution in [2.75, 3.05) is 40.3 Å². The summed E-state index contributed by atoms with van der Waals surface area (Å²) in [6.07, 6.45) is 0. The molecule has 4 heteroatoms. The van der Waals surface area contributed by atoms with E-state index < -0.39 is 0 Å². The van der Waals surface area contributed by atoms with Crippen LogP contribution < -0.4 is 5.32 Å². The molecule has 0 bridgehead atoms. The van der Waals surface area contributed by atoms with Gasteiger partial charge in [-0.25, -0.2) is 0 Å². The van der Waals surface area contributed by atoms with Crippen LogP contribution in [0.2, 0.25) is 0 Å². The molecule has 1 radical (unpaired) electrons. The molecule has 0 heterocycles. The molecule has 0 unspecified atom stereocenters. The molecule has 2 N–H and O–H groups in total. The number of carbonyl (C=O) groups is 1. The zero-order valence-corrected chi connectivity index (χ0v) is 7.84. The molecule has 0 aliphatic carbocycles. The van der Waals surface area contributed by atoms with Gasteiger partial charge in [0.15, 0.2) is 0 Å². The number of nitrogens with one attached hydrogen (secondary N) is 1. The predicted molar refractivity (Wildman–Crippen MR) is 47.3 cm³/mol. The van der Waals surface area contributed by atoms with E-state index in [9.17, 15) is 4.79 Å². The Morgan fingerprint density at radius 3 is 2.50 bits per heavy atom. The van der Waals surface area contributed by atoms with Crippen LogP contribution in [0.15, 0.2) is 0 Å². The Bertz CT molecular complexity index is 146. The fourth-order valence-corrected chi connectivity index (χ4v) is 0.880. The van der Waals surface area contributed by atoms with Gasteiger partial charge in [0, 0.05) is 6.92 Å². The monoisotopic (exact) mass is 174 g/mol. The van der Waals surface area contributed by atoms with Crippen LogP contribution in [0.3, 0.4) is 0 Å². The summed E-state index contributed by atoms with van der Waals surface area (Å²) >= 11 is 0. The Morgan fingerprint density at radius 1 is 1.50 bits per heavy atom. The molecule has 71 valence electrons. The topological polar surface area (TPSA) is 49.3 Å². The smallest absolute Gasteiger partial charge is 0.220 e. The van der Waals surface area contributed by atoms with Crippen molar-refractivity contribution in [3.05, 3.63) is 6.92 Å². The zero-order valence-electron chi connectivity index (χ0n) is 7.84. The van der Waals surface area contributed by atoms with Crippen LogP contribution in [-0.2, 0) is 4.79 Å². The number of aliphatic hydroxyl groups is 1. The third-order valence-corrected chi connectivity index (χ3v) is 1.74. The number of aliphatic hydroxyl groups excluding tert-OH is 1. The van der Waals surface area contributed by atoms with Gasteiger partial charge in [-0.15, -0.1) is 0 Å². The quantitative estimate of drug-likeness (QED) is 0.526. The molecule has 0 fully saturated rings. The van der Waals surface area contributed by atoms with Crippen LogP contribution in [0.1, 0.15) is 0 Å². The van der Waals surface area contributed by atoms with Gasteiger partial charge < -0.3 is 14.9 Å². The van der Waals surface area contributed by atoms with Gasteiger partial charge in [0.1, 0.15) is 6.54 Å². The standard InChI is InChI=1S/C8H17N2O2/c1-8(12)9-4-5-10(2,3)6-7-11/h11H,1,4-7H2,2-3H3/p+1. The highest BCUT2D eigenvalue weighted by Gasteiger charge is 2.12. The van der Waals surface area contributed by atoms with E-state index >= 15 is 0 Å². The minimum atomic E-state index is -0.251. The van der Waals surface area contributed by atoms with Crippen molar-refractivity contribution in [1.82, 2.24) is 5.32 Å². The first kappa shape index (κ1) is 11.4. The van der Waals surface area contributed by atoms with Gasteiger partial charge in [-0.2, -0.15) is 0 Å². The Labute approximate surface area is 73.8 Å². The number of carbonyl (C=O) groups excluding carboxylic acids is 1. The third-order valence-electron chi connectivity index (χ3n) is 1.74. The number of hydrogen-bond acceptors (Lipinski definition) is 2. The van der Waals surface area contributed by atoms with Crippen molar-refractivity contribution < 1.29 is 14.4 Å². The number of likely N-dealkylation sites (N-methyl/N-ethyl adjacent to an activating group) is 1. The second-order valence-corrected chi connectivity index (χ2v) is 3.46. The first-order chi connectivity index (χ1) is 5.48. The fraction of sp³-hybridized carbons (Fsp3) is 0.750. The van der Waals surface area contributed by atoms with Gasteiger partial charge in [-0.05, 0) is 0 Å². The maximum Gasteiger partial charge on any atom is 0.220 e. The summed E-state index contributed by atoms with van der Waals surface area (Å²) in [6, 6.07) is 0. The lowest BCUT2D eigenvalue weighted by Gasteiger charge is -2.28. The van der Waals surface area contributed by atoms with E-state index in [-0.39, 0.29) is 12.5 Å². The molecule has 12 heavy (non-hydrogen) atoms. The van der Waals surface area contributed by atoms with Crippen LogP contribution in [0.25, 0.3) is 0 Å². The average molecular weight is 174 g/mol. The van der Waals surface area contributed by atoms with Gasteiger partial charge in [0.2, 0.25) is 5.91 Å². The number of hydrogen-bond donors (Lipinski definition) is 2. The minimum absolute atomic E-state index is 0.172. The highest BCUT2D eigenvalue weighted by Crippen LogP contribution is 1.93. The maximum atomic E-state index is 10.4. The van der Waals surface area contributed by atoms with Gasteiger partial charge in [0.05, 0.1) is 33.8 Å². The third kappa shape index (κ3) is 6.12. The van der Waals surface area contributed by atoms with E-state index in [2.05, 4.69) is 12.2 Å². The average Bonchev–Trinajstić information content (AvgIpc) is 1.85. The molecule has 0 aromatic carbocycles. The Kier molecular flexibility index (Phi) is 4.85. The molecule has 0 spiro atoms.